The first-order valence-electron chi connectivity index (χ1n) is 7.96. The third kappa shape index (κ3) is 4.03. The van der Waals surface area contributed by atoms with Gasteiger partial charge in [-0.2, -0.15) is 0 Å². The third-order valence-electron chi connectivity index (χ3n) is 4.22. The zero-order chi connectivity index (χ0) is 17.1. The number of halogens is 2. The minimum absolute atomic E-state index is 0.0242. The second-order valence-corrected chi connectivity index (χ2v) is 6.51. The molecule has 2 atom stereocenters. The van der Waals surface area contributed by atoms with Gasteiger partial charge in [0.1, 0.15) is 5.82 Å². The molecule has 0 aliphatic heterocycles. The zero-order valence-corrected chi connectivity index (χ0v) is 14.1. The predicted octanol–water partition coefficient (Wildman–Crippen LogP) is 4.39. The van der Waals surface area contributed by atoms with Crippen molar-refractivity contribution >= 4 is 17.6 Å². The van der Waals surface area contributed by atoms with Crippen molar-refractivity contribution in [2.24, 2.45) is 5.92 Å². The number of pyridine rings is 1. The Morgan fingerprint density at radius 3 is 2.58 bits per heavy atom. The Kier molecular flexibility index (Phi) is 5.00. The lowest BCUT2D eigenvalue weighted by molar-refractivity contribution is 0.232. The number of aromatic nitrogens is 1. The molecule has 1 aromatic carbocycles. The van der Waals surface area contributed by atoms with Gasteiger partial charge in [-0.05, 0) is 61.1 Å². The number of benzene rings is 1. The number of hydrogen-bond donors (Lipinski definition) is 2. The molecule has 1 aliphatic rings. The molecule has 0 bridgehead atoms. The normalized spacial score (nSPS) is 16.3. The van der Waals surface area contributed by atoms with Crippen LogP contribution in [0, 0.1) is 11.7 Å². The predicted molar refractivity (Wildman–Crippen MR) is 91.2 cm³/mol. The average molecular weight is 348 g/mol. The minimum atomic E-state index is -0.396. The van der Waals surface area contributed by atoms with Gasteiger partial charge in [0.2, 0.25) is 0 Å². The second-order valence-electron chi connectivity index (χ2n) is 6.10. The van der Waals surface area contributed by atoms with Crippen LogP contribution in [0.1, 0.15) is 43.0 Å². The fourth-order valence-electron chi connectivity index (χ4n) is 2.78. The van der Waals surface area contributed by atoms with E-state index >= 15 is 0 Å². The van der Waals surface area contributed by atoms with Gasteiger partial charge in [0, 0.05) is 17.4 Å². The van der Waals surface area contributed by atoms with Gasteiger partial charge in [-0.15, -0.1) is 0 Å². The van der Waals surface area contributed by atoms with Crippen molar-refractivity contribution in [3.63, 3.8) is 0 Å². The first kappa shape index (κ1) is 16.7. The van der Waals surface area contributed by atoms with Crippen molar-refractivity contribution < 1.29 is 9.18 Å². The molecule has 4 nitrogen and oxygen atoms in total. The molecular formula is C18H19ClFN3O. The first-order valence-corrected chi connectivity index (χ1v) is 8.34. The largest absolute Gasteiger partial charge is 0.332 e. The maximum atomic E-state index is 13.1. The molecule has 126 valence electrons. The van der Waals surface area contributed by atoms with Gasteiger partial charge in [-0.3, -0.25) is 4.98 Å². The fraction of sp³-hybridized carbons (Fsp3) is 0.333. The summed E-state index contributed by atoms with van der Waals surface area (Å²) in [6.07, 6.45) is 5.66. The van der Waals surface area contributed by atoms with E-state index in [0.29, 0.717) is 16.5 Å². The molecule has 1 saturated carbocycles. The molecule has 1 fully saturated rings. The molecule has 1 aromatic heterocycles. The van der Waals surface area contributed by atoms with Crippen LogP contribution in [0.25, 0.3) is 0 Å². The smallest absolute Gasteiger partial charge is 0.315 e. The van der Waals surface area contributed by atoms with Crippen molar-refractivity contribution in [1.82, 2.24) is 15.6 Å². The molecule has 2 amide bonds. The summed E-state index contributed by atoms with van der Waals surface area (Å²) in [7, 11) is 0. The maximum Gasteiger partial charge on any atom is 0.315 e. The summed E-state index contributed by atoms with van der Waals surface area (Å²) in [5.74, 6) is 0.0646. The van der Waals surface area contributed by atoms with Crippen LogP contribution in [0.5, 0.6) is 0 Å². The number of rotatable bonds is 5. The molecule has 0 spiro atoms. The number of nitrogens with zero attached hydrogens (tertiary/aromatic N) is 1. The van der Waals surface area contributed by atoms with Crippen molar-refractivity contribution in [2.75, 3.05) is 0 Å². The Bertz CT molecular complexity index is 721. The molecule has 2 N–H and O–H groups in total. The third-order valence-corrected chi connectivity index (χ3v) is 4.55. The van der Waals surface area contributed by atoms with Crippen LogP contribution in [-0.2, 0) is 0 Å². The summed E-state index contributed by atoms with van der Waals surface area (Å²) in [5.41, 5.74) is 1.73. The highest BCUT2D eigenvalue weighted by Crippen LogP contribution is 2.40. The van der Waals surface area contributed by atoms with E-state index in [9.17, 15) is 9.18 Å². The second kappa shape index (κ2) is 7.18. The number of amides is 2. The van der Waals surface area contributed by atoms with E-state index in [1.54, 1.807) is 18.5 Å². The Labute approximate surface area is 145 Å². The summed E-state index contributed by atoms with van der Waals surface area (Å²) < 4.78 is 13.1. The topological polar surface area (TPSA) is 54.0 Å². The quantitative estimate of drug-likeness (QED) is 0.843. The van der Waals surface area contributed by atoms with Gasteiger partial charge in [0.05, 0.1) is 12.1 Å². The molecule has 1 heterocycles. The molecule has 0 radical (unpaired) electrons. The average Bonchev–Trinajstić information content (AvgIpc) is 3.38. The van der Waals surface area contributed by atoms with E-state index in [1.165, 1.54) is 12.1 Å². The highest BCUT2D eigenvalue weighted by Gasteiger charge is 2.33. The van der Waals surface area contributed by atoms with Crippen molar-refractivity contribution in [1.29, 1.82) is 0 Å². The van der Waals surface area contributed by atoms with E-state index in [1.807, 2.05) is 19.1 Å². The van der Waals surface area contributed by atoms with Gasteiger partial charge in [0.25, 0.3) is 0 Å². The first-order chi connectivity index (χ1) is 11.5. The van der Waals surface area contributed by atoms with Gasteiger partial charge in [0.15, 0.2) is 0 Å². The van der Waals surface area contributed by atoms with Crippen molar-refractivity contribution in [2.45, 2.75) is 31.8 Å². The lowest BCUT2D eigenvalue weighted by Crippen LogP contribution is -2.40. The highest BCUT2D eigenvalue weighted by molar-refractivity contribution is 6.31. The van der Waals surface area contributed by atoms with Gasteiger partial charge in [-0.1, -0.05) is 17.7 Å². The molecule has 1 aliphatic carbocycles. The van der Waals surface area contributed by atoms with Crippen molar-refractivity contribution in [3.8, 4) is 0 Å². The molecule has 6 heteroatoms. The lowest BCUT2D eigenvalue weighted by Gasteiger charge is -2.22. The minimum Gasteiger partial charge on any atom is -0.332 e. The molecule has 24 heavy (non-hydrogen) atoms. The molecule has 0 saturated heterocycles. The van der Waals surface area contributed by atoms with Crippen LogP contribution in [0.3, 0.4) is 0 Å². The van der Waals surface area contributed by atoms with Gasteiger partial charge < -0.3 is 10.6 Å². The summed E-state index contributed by atoms with van der Waals surface area (Å²) in [6, 6.07) is 7.39. The monoisotopic (exact) mass is 347 g/mol. The van der Waals surface area contributed by atoms with Gasteiger partial charge >= 0.3 is 6.03 Å². The zero-order valence-electron chi connectivity index (χ0n) is 13.3. The maximum absolute atomic E-state index is 13.1. The summed E-state index contributed by atoms with van der Waals surface area (Å²) >= 11 is 6.05. The van der Waals surface area contributed by atoms with Crippen LogP contribution in [0.15, 0.2) is 42.7 Å². The van der Waals surface area contributed by atoms with E-state index in [2.05, 4.69) is 15.6 Å². The van der Waals surface area contributed by atoms with Crippen molar-refractivity contribution in [3.05, 3.63) is 64.7 Å². The molecule has 2 aromatic rings. The fourth-order valence-corrected chi connectivity index (χ4v) is 3.11. The number of nitrogens with one attached hydrogen (secondary N) is 2. The Morgan fingerprint density at radius 2 is 1.96 bits per heavy atom. The van der Waals surface area contributed by atoms with Crippen LogP contribution in [0.4, 0.5) is 9.18 Å². The standard InChI is InChI=1S/C18H19ClFN3O/c1-11(15-5-4-14(20)10-16(15)19)22-18(24)23-17(12-2-3-12)13-6-8-21-9-7-13/h4-12,17H,2-3H2,1H3,(H2,22,23,24)/t11-,17?/m1/s1. The van der Waals surface area contributed by atoms with E-state index in [4.69, 9.17) is 11.6 Å². The van der Waals surface area contributed by atoms with Crippen LogP contribution >= 0.6 is 11.6 Å². The number of carbonyl (C=O) groups is 1. The summed E-state index contributed by atoms with van der Waals surface area (Å²) in [5, 5.41) is 6.20. The van der Waals surface area contributed by atoms with Crippen LogP contribution < -0.4 is 10.6 Å². The van der Waals surface area contributed by atoms with Crippen LogP contribution in [-0.4, -0.2) is 11.0 Å². The van der Waals surface area contributed by atoms with E-state index in [0.717, 1.165) is 18.4 Å². The number of hydrogen-bond acceptors (Lipinski definition) is 2. The molecule has 3 rings (SSSR count). The lowest BCUT2D eigenvalue weighted by atomic mass is 10.0. The number of carbonyl (C=O) groups excluding carboxylic acids is 1. The van der Waals surface area contributed by atoms with E-state index in [-0.39, 0.29) is 18.1 Å². The van der Waals surface area contributed by atoms with E-state index < -0.39 is 5.82 Å². The highest BCUT2D eigenvalue weighted by atomic mass is 35.5. The Balaban J connectivity index is 1.65. The summed E-state index contributed by atoms with van der Waals surface area (Å²) in [6.45, 7) is 1.82. The molecular weight excluding hydrogens is 329 g/mol. The Morgan fingerprint density at radius 1 is 1.25 bits per heavy atom. The molecule has 1 unspecified atom stereocenters. The summed E-state index contributed by atoms with van der Waals surface area (Å²) in [4.78, 5) is 16.4. The number of urea groups is 1. The van der Waals surface area contributed by atoms with Crippen LogP contribution in [0.2, 0.25) is 5.02 Å². The van der Waals surface area contributed by atoms with Gasteiger partial charge in [-0.25, -0.2) is 9.18 Å². The SMILES string of the molecule is C[C@@H](NC(=O)NC(c1ccncc1)C1CC1)c1ccc(F)cc1Cl. The Hall–Kier alpha value is -2.14.